The van der Waals surface area contributed by atoms with E-state index in [1.807, 2.05) is 0 Å². The standard InChI is InChI=1S/C22H14Cl2N2O4S/c1-26-20(27)19(31-22(26)25-14-5-2-12(3-6-14)21(28)29)11-15-7-9-18(30-15)16-8-4-13(23)10-17(16)24/h2-11H,1H3,(H,28,29). The van der Waals surface area contributed by atoms with Crippen LogP contribution in [0.25, 0.3) is 17.4 Å². The summed E-state index contributed by atoms with van der Waals surface area (Å²) < 4.78 is 5.84. The van der Waals surface area contributed by atoms with Gasteiger partial charge in [0, 0.05) is 23.7 Å². The van der Waals surface area contributed by atoms with E-state index in [0.29, 0.717) is 42.9 Å². The monoisotopic (exact) mass is 472 g/mol. The van der Waals surface area contributed by atoms with Crippen molar-refractivity contribution in [3.63, 3.8) is 0 Å². The highest BCUT2D eigenvalue weighted by Gasteiger charge is 2.30. The normalized spacial score (nSPS) is 16.5. The lowest BCUT2D eigenvalue weighted by molar-refractivity contribution is -0.121. The van der Waals surface area contributed by atoms with Crippen molar-refractivity contribution >= 4 is 63.8 Å². The molecule has 0 unspecified atom stereocenters. The van der Waals surface area contributed by atoms with E-state index in [-0.39, 0.29) is 11.5 Å². The van der Waals surface area contributed by atoms with E-state index in [0.717, 1.165) is 0 Å². The number of aromatic carboxylic acids is 1. The Labute approximate surface area is 191 Å². The summed E-state index contributed by atoms with van der Waals surface area (Å²) in [6, 6.07) is 14.8. The molecule has 2 heterocycles. The van der Waals surface area contributed by atoms with Crippen LogP contribution in [0.4, 0.5) is 5.69 Å². The molecular weight excluding hydrogens is 459 g/mol. The number of likely N-dealkylation sites (N-methyl/N-ethyl adjacent to an activating group) is 1. The summed E-state index contributed by atoms with van der Waals surface area (Å²) in [5.74, 6) is -0.167. The minimum Gasteiger partial charge on any atom is -0.478 e. The number of amides is 1. The smallest absolute Gasteiger partial charge is 0.335 e. The maximum absolute atomic E-state index is 12.6. The molecule has 6 nitrogen and oxygen atoms in total. The Hall–Kier alpha value is -3.00. The molecule has 31 heavy (non-hydrogen) atoms. The van der Waals surface area contributed by atoms with Crippen molar-refractivity contribution < 1.29 is 19.1 Å². The summed E-state index contributed by atoms with van der Waals surface area (Å²) in [4.78, 5) is 29.9. The molecule has 1 fully saturated rings. The first kappa shape index (κ1) is 21.2. The van der Waals surface area contributed by atoms with E-state index in [4.69, 9.17) is 32.7 Å². The van der Waals surface area contributed by atoms with Gasteiger partial charge in [-0.25, -0.2) is 9.79 Å². The zero-order chi connectivity index (χ0) is 22.1. The Morgan fingerprint density at radius 2 is 1.87 bits per heavy atom. The van der Waals surface area contributed by atoms with Gasteiger partial charge in [-0.2, -0.15) is 0 Å². The molecule has 1 aliphatic rings. The fourth-order valence-corrected chi connectivity index (χ4v) is 4.30. The number of nitrogens with zero attached hydrogens (tertiary/aromatic N) is 2. The van der Waals surface area contributed by atoms with Crippen molar-refractivity contribution in [2.75, 3.05) is 7.05 Å². The summed E-state index contributed by atoms with van der Waals surface area (Å²) in [5, 5.41) is 10.5. The van der Waals surface area contributed by atoms with Crippen molar-refractivity contribution in [2.45, 2.75) is 0 Å². The van der Waals surface area contributed by atoms with Crippen LogP contribution < -0.4 is 0 Å². The van der Waals surface area contributed by atoms with Gasteiger partial charge in [-0.1, -0.05) is 23.2 Å². The number of carboxylic acids is 1. The second kappa shape index (κ2) is 8.63. The highest BCUT2D eigenvalue weighted by atomic mass is 35.5. The van der Waals surface area contributed by atoms with E-state index in [2.05, 4.69) is 4.99 Å². The van der Waals surface area contributed by atoms with Crippen LogP contribution in [0.5, 0.6) is 0 Å². The number of rotatable bonds is 4. The van der Waals surface area contributed by atoms with Crippen LogP contribution in [0.3, 0.4) is 0 Å². The van der Waals surface area contributed by atoms with Crippen molar-refractivity contribution in [3.8, 4) is 11.3 Å². The Bertz CT molecular complexity index is 1250. The number of halogens is 2. The summed E-state index contributed by atoms with van der Waals surface area (Å²) in [6.45, 7) is 0. The highest BCUT2D eigenvalue weighted by Crippen LogP contribution is 2.35. The van der Waals surface area contributed by atoms with Gasteiger partial charge in [-0.15, -0.1) is 0 Å². The van der Waals surface area contributed by atoms with Gasteiger partial charge in [-0.3, -0.25) is 9.69 Å². The Balaban J connectivity index is 1.57. The van der Waals surface area contributed by atoms with Gasteiger partial charge in [0.05, 0.1) is 21.2 Å². The number of carbonyl (C=O) groups is 2. The molecule has 1 aromatic heterocycles. The molecule has 0 atom stereocenters. The summed E-state index contributed by atoms with van der Waals surface area (Å²) in [5.41, 5.74) is 1.42. The number of thioether (sulfide) groups is 1. The third-order valence-electron chi connectivity index (χ3n) is 4.44. The van der Waals surface area contributed by atoms with Gasteiger partial charge >= 0.3 is 5.97 Å². The molecule has 156 valence electrons. The van der Waals surface area contributed by atoms with E-state index in [1.165, 1.54) is 28.8 Å². The fourth-order valence-electron chi connectivity index (χ4n) is 2.83. The molecule has 0 bridgehead atoms. The van der Waals surface area contributed by atoms with Crippen LogP contribution in [0.15, 0.2) is 68.9 Å². The van der Waals surface area contributed by atoms with Crippen molar-refractivity contribution in [3.05, 3.63) is 80.9 Å². The molecule has 0 aliphatic carbocycles. The van der Waals surface area contributed by atoms with E-state index < -0.39 is 5.97 Å². The van der Waals surface area contributed by atoms with Crippen LogP contribution in [-0.4, -0.2) is 34.1 Å². The Morgan fingerprint density at radius 1 is 1.13 bits per heavy atom. The number of benzene rings is 2. The Morgan fingerprint density at radius 3 is 2.55 bits per heavy atom. The number of furan rings is 1. The van der Waals surface area contributed by atoms with E-state index >= 15 is 0 Å². The molecule has 1 aliphatic heterocycles. The van der Waals surface area contributed by atoms with Gasteiger partial charge in [0.1, 0.15) is 11.5 Å². The second-order valence-electron chi connectivity index (χ2n) is 6.55. The molecule has 9 heteroatoms. The third kappa shape index (κ3) is 4.54. The average molecular weight is 473 g/mol. The second-order valence-corrected chi connectivity index (χ2v) is 8.40. The van der Waals surface area contributed by atoms with Crippen LogP contribution in [0, 0.1) is 0 Å². The molecular formula is C22H14Cl2N2O4S. The van der Waals surface area contributed by atoms with Gasteiger partial charge in [0.2, 0.25) is 0 Å². The molecule has 3 aromatic rings. The summed E-state index contributed by atoms with van der Waals surface area (Å²) in [7, 11) is 1.63. The van der Waals surface area contributed by atoms with E-state index in [1.54, 1.807) is 55.6 Å². The lowest BCUT2D eigenvalue weighted by atomic mass is 10.2. The Kier molecular flexibility index (Phi) is 5.91. The maximum atomic E-state index is 12.6. The number of carbonyl (C=O) groups excluding carboxylic acids is 1. The molecule has 1 N–H and O–H groups in total. The maximum Gasteiger partial charge on any atom is 0.335 e. The molecule has 4 rings (SSSR count). The number of carboxylic acid groups (broad SMARTS) is 1. The van der Waals surface area contributed by atoms with Gasteiger partial charge in [-0.05, 0) is 66.4 Å². The molecule has 1 amide bonds. The minimum absolute atomic E-state index is 0.169. The number of amidine groups is 1. The fraction of sp³-hybridized carbons (Fsp3) is 0.0455. The predicted octanol–water partition coefficient (Wildman–Crippen LogP) is 6.19. The molecule has 0 saturated carbocycles. The van der Waals surface area contributed by atoms with Crippen LogP contribution in [-0.2, 0) is 4.79 Å². The first-order chi connectivity index (χ1) is 14.8. The topological polar surface area (TPSA) is 83.1 Å². The molecule has 0 radical (unpaired) electrons. The molecule has 1 saturated heterocycles. The SMILES string of the molecule is CN1C(=O)C(=Cc2ccc(-c3ccc(Cl)cc3Cl)o2)SC1=Nc1ccc(C(=O)O)cc1. The molecule has 0 spiro atoms. The van der Waals surface area contributed by atoms with Crippen molar-refractivity contribution in [1.29, 1.82) is 0 Å². The highest BCUT2D eigenvalue weighted by molar-refractivity contribution is 8.18. The zero-order valence-electron chi connectivity index (χ0n) is 16.0. The minimum atomic E-state index is -1.01. The number of aliphatic imine (C=N–C) groups is 1. The van der Waals surface area contributed by atoms with E-state index in [9.17, 15) is 9.59 Å². The van der Waals surface area contributed by atoms with Crippen LogP contribution >= 0.6 is 35.0 Å². The quantitative estimate of drug-likeness (QED) is 0.457. The number of hydrogen-bond donors (Lipinski definition) is 1. The van der Waals surface area contributed by atoms with Gasteiger partial charge in [0.15, 0.2) is 5.17 Å². The van der Waals surface area contributed by atoms with Gasteiger partial charge < -0.3 is 9.52 Å². The molecule has 2 aromatic carbocycles. The first-order valence-electron chi connectivity index (χ1n) is 8.97. The summed E-state index contributed by atoms with van der Waals surface area (Å²) >= 11 is 13.4. The van der Waals surface area contributed by atoms with Crippen molar-refractivity contribution in [2.24, 2.45) is 4.99 Å². The van der Waals surface area contributed by atoms with Crippen LogP contribution in [0.2, 0.25) is 10.0 Å². The predicted molar refractivity (Wildman–Crippen MR) is 123 cm³/mol. The summed E-state index contributed by atoms with van der Waals surface area (Å²) in [6.07, 6.45) is 1.65. The lowest BCUT2D eigenvalue weighted by Crippen LogP contribution is -2.23. The first-order valence-corrected chi connectivity index (χ1v) is 10.5. The zero-order valence-corrected chi connectivity index (χ0v) is 18.3. The van der Waals surface area contributed by atoms with Gasteiger partial charge in [0.25, 0.3) is 5.91 Å². The van der Waals surface area contributed by atoms with Crippen molar-refractivity contribution in [1.82, 2.24) is 4.90 Å². The third-order valence-corrected chi connectivity index (χ3v) is 6.05. The lowest BCUT2D eigenvalue weighted by Gasteiger charge is -2.07. The number of hydrogen-bond acceptors (Lipinski definition) is 5. The largest absolute Gasteiger partial charge is 0.478 e. The van der Waals surface area contributed by atoms with Crippen LogP contribution in [0.1, 0.15) is 16.1 Å². The average Bonchev–Trinajstić information content (AvgIpc) is 3.29.